The van der Waals surface area contributed by atoms with Gasteiger partial charge < -0.3 is 4.90 Å². The van der Waals surface area contributed by atoms with Gasteiger partial charge in [-0.3, -0.25) is 4.79 Å². The third kappa shape index (κ3) is 2.25. The van der Waals surface area contributed by atoms with E-state index in [-0.39, 0.29) is 17.9 Å². The van der Waals surface area contributed by atoms with Crippen LogP contribution in [0.4, 0.5) is 4.39 Å². The van der Waals surface area contributed by atoms with Gasteiger partial charge in [0.2, 0.25) is 5.91 Å². The van der Waals surface area contributed by atoms with Crippen LogP contribution in [0.2, 0.25) is 0 Å². The molecule has 3 heteroatoms. The van der Waals surface area contributed by atoms with Crippen molar-refractivity contribution in [3.63, 3.8) is 0 Å². The van der Waals surface area contributed by atoms with Crippen molar-refractivity contribution in [3.05, 3.63) is 0 Å². The normalized spacial score (nSPS) is 27.8. The summed E-state index contributed by atoms with van der Waals surface area (Å²) in [7, 11) is 0. The Morgan fingerprint density at radius 2 is 1.93 bits per heavy atom. The lowest BCUT2D eigenvalue weighted by Gasteiger charge is -2.28. The Labute approximate surface area is 85.5 Å². The fraction of sp³-hybridized carbons (Fsp3) is 0.909. The molecular formula is C11H20FNO. The molecule has 1 aliphatic heterocycles. The van der Waals surface area contributed by atoms with Gasteiger partial charge in [0.05, 0.1) is 6.54 Å². The molecule has 14 heavy (non-hydrogen) atoms. The van der Waals surface area contributed by atoms with Crippen LogP contribution in [-0.4, -0.2) is 29.6 Å². The number of carbonyl (C=O) groups excluding carboxylic acids is 1. The number of rotatable bonds is 2. The van der Waals surface area contributed by atoms with E-state index in [1.807, 2.05) is 27.7 Å². The van der Waals surface area contributed by atoms with Crippen molar-refractivity contribution in [1.29, 1.82) is 0 Å². The molecule has 0 saturated carbocycles. The molecule has 1 unspecified atom stereocenters. The molecule has 1 rings (SSSR count). The number of hydrogen-bond donors (Lipinski definition) is 0. The monoisotopic (exact) mass is 201 g/mol. The average molecular weight is 201 g/mol. The minimum atomic E-state index is -0.829. The Morgan fingerprint density at radius 3 is 2.36 bits per heavy atom. The van der Waals surface area contributed by atoms with Crippen molar-refractivity contribution in [3.8, 4) is 0 Å². The molecule has 82 valence electrons. The van der Waals surface area contributed by atoms with Crippen molar-refractivity contribution >= 4 is 5.91 Å². The number of likely N-dealkylation sites (tertiary alicyclic amines) is 1. The Hall–Kier alpha value is -0.600. The summed E-state index contributed by atoms with van der Waals surface area (Å²) in [5.41, 5.74) is 0. The van der Waals surface area contributed by atoms with Crippen LogP contribution in [-0.2, 0) is 4.79 Å². The largest absolute Gasteiger partial charge is 0.336 e. The summed E-state index contributed by atoms with van der Waals surface area (Å²) in [6, 6.07) is 0.0971. The minimum Gasteiger partial charge on any atom is -0.336 e. The van der Waals surface area contributed by atoms with Crippen LogP contribution in [0.15, 0.2) is 0 Å². The molecule has 0 spiro atoms. The van der Waals surface area contributed by atoms with E-state index in [1.54, 1.807) is 4.90 Å². The van der Waals surface area contributed by atoms with Crippen LogP contribution in [0.1, 0.15) is 34.1 Å². The van der Waals surface area contributed by atoms with Crippen molar-refractivity contribution in [1.82, 2.24) is 4.90 Å². The summed E-state index contributed by atoms with van der Waals surface area (Å²) in [6.07, 6.45) is -0.319. The number of alkyl halides is 1. The molecule has 0 aromatic heterocycles. The first-order valence-electron chi connectivity index (χ1n) is 5.38. The fourth-order valence-corrected chi connectivity index (χ4v) is 2.03. The zero-order chi connectivity index (χ0) is 10.9. The first-order chi connectivity index (χ1) is 6.43. The highest BCUT2D eigenvalue weighted by Crippen LogP contribution is 2.27. The van der Waals surface area contributed by atoms with E-state index in [0.717, 1.165) is 0 Å². The van der Waals surface area contributed by atoms with Gasteiger partial charge >= 0.3 is 0 Å². The lowest BCUT2D eigenvalue weighted by Crippen LogP contribution is -2.40. The predicted molar refractivity (Wildman–Crippen MR) is 54.7 cm³/mol. The molecule has 1 aliphatic rings. The molecule has 0 aromatic rings. The van der Waals surface area contributed by atoms with Gasteiger partial charge in [0.15, 0.2) is 0 Å². The molecule has 2 nitrogen and oxygen atoms in total. The zero-order valence-electron chi connectivity index (χ0n) is 9.46. The molecule has 0 radical (unpaired) electrons. The van der Waals surface area contributed by atoms with Gasteiger partial charge in [-0.2, -0.15) is 0 Å². The molecule has 0 aliphatic carbocycles. The Balaban J connectivity index is 2.71. The van der Waals surface area contributed by atoms with Gasteiger partial charge in [-0.15, -0.1) is 0 Å². The number of nitrogens with zero attached hydrogens (tertiary/aromatic N) is 1. The Kier molecular flexibility index (Phi) is 3.51. The minimum absolute atomic E-state index is 0.0263. The second kappa shape index (κ2) is 4.28. The summed E-state index contributed by atoms with van der Waals surface area (Å²) in [5.74, 6) is 0.406. The highest BCUT2D eigenvalue weighted by atomic mass is 19.1. The fourth-order valence-electron chi connectivity index (χ4n) is 2.03. The Bertz CT molecular complexity index is 215. The molecule has 1 heterocycles. The first kappa shape index (κ1) is 11.5. The number of carbonyl (C=O) groups is 1. The summed E-state index contributed by atoms with van der Waals surface area (Å²) in [5, 5.41) is 0. The molecule has 2 atom stereocenters. The average Bonchev–Trinajstić information content (AvgIpc) is 2.45. The van der Waals surface area contributed by atoms with E-state index < -0.39 is 6.17 Å². The maximum atomic E-state index is 13.2. The zero-order valence-corrected chi connectivity index (χ0v) is 9.46. The van der Waals surface area contributed by atoms with Crippen molar-refractivity contribution < 1.29 is 9.18 Å². The highest BCUT2D eigenvalue weighted by molar-refractivity contribution is 5.78. The summed E-state index contributed by atoms with van der Waals surface area (Å²) >= 11 is 0. The smallest absolute Gasteiger partial charge is 0.225 e. The lowest BCUT2D eigenvalue weighted by atomic mass is 10.0. The van der Waals surface area contributed by atoms with Crippen molar-refractivity contribution in [2.45, 2.75) is 46.3 Å². The van der Waals surface area contributed by atoms with Crippen molar-refractivity contribution in [2.24, 2.45) is 11.8 Å². The van der Waals surface area contributed by atoms with E-state index in [0.29, 0.717) is 18.9 Å². The van der Waals surface area contributed by atoms with E-state index in [4.69, 9.17) is 0 Å². The summed E-state index contributed by atoms with van der Waals surface area (Å²) in [4.78, 5) is 13.5. The lowest BCUT2D eigenvalue weighted by molar-refractivity contribution is -0.136. The van der Waals surface area contributed by atoms with Gasteiger partial charge in [-0.1, -0.05) is 27.7 Å². The van der Waals surface area contributed by atoms with Crippen LogP contribution in [0.3, 0.4) is 0 Å². The maximum absolute atomic E-state index is 13.2. The molecule has 1 saturated heterocycles. The van der Waals surface area contributed by atoms with Crippen LogP contribution in [0.5, 0.6) is 0 Å². The molecule has 1 amide bonds. The van der Waals surface area contributed by atoms with Crippen LogP contribution >= 0.6 is 0 Å². The first-order valence-corrected chi connectivity index (χ1v) is 5.38. The van der Waals surface area contributed by atoms with Crippen LogP contribution in [0, 0.1) is 11.8 Å². The van der Waals surface area contributed by atoms with Crippen LogP contribution in [0.25, 0.3) is 0 Å². The summed E-state index contributed by atoms with van der Waals surface area (Å²) in [6.45, 7) is 8.11. The number of hydrogen-bond acceptors (Lipinski definition) is 1. The second-order valence-corrected chi connectivity index (χ2v) is 4.79. The molecule has 0 aromatic carbocycles. The quantitative estimate of drug-likeness (QED) is 0.671. The van der Waals surface area contributed by atoms with E-state index in [2.05, 4.69) is 0 Å². The summed E-state index contributed by atoms with van der Waals surface area (Å²) < 4.78 is 13.2. The van der Waals surface area contributed by atoms with E-state index in [1.165, 1.54) is 0 Å². The second-order valence-electron chi connectivity index (χ2n) is 4.79. The van der Waals surface area contributed by atoms with Crippen molar-refractivity contribution in [2.75, 3.05) is 6.54 Å². The van der Waals surface area contributed by atoms with E-state index in [9.17, 15) is 9.18 Å². The topological polar surface area (TPSA) is 20.3 Å². The third-order valence-electron chi connectivity index (χ3n) is 2.84. The molecule has 1 fully saturated rings. The third-order valence-corrected chi connectivity index (χ3v) is 2.84. The predicted octanol–water partition coefficient (Wildman–Crippen LogP) is 2.24. The van der Waals surface area contributed by atoms with Crippen LogP contribution < -0.4 is 0 Å². The van der Waals surface area contributed by atoms with Gasteiger partial charge in [-0.05, 0) is 5.92 Å². The van der Waals surface area contributed by atoms with Gasteiger partial charge in [0.1, 0.15) is 6.17 Å². The Morgan fingerprint density at radius 1 is 1.36 bits per heavy atom. The van der Waals surface area contributed by atoms with Gasteiger partial charge in [0.25, 0.3) is 0 Å². The van der Waals surface area contributed by atoms with Gasteiger partial charge in [0, 0.05) is 18.4 Å². The number of halogens is 1. The molecule has 0 N–H and O–H groups in total. The maximum Gasteiger partial charge on any atom is 0.225 e. The highest BCUT2D eigenvalue weighted by Gasteiger charge is 2.37. The SMILES string of the molecule is CC(C)C(=O)N1CC(F)C[C@H]1C(C)C. The standard InChI is InChI=1S/C11H20FNO/c1-7(2)10-5-9(12)6-13(10)11(14)8(3)4/h7-10H,5-6H2,1-4H3/t9?,10-/m0/s1. The molecular weight excluding hydrogens is 181 g/mol. The number of amides is 1. The van der Waals surface area contributed by atoms with Gasteiger partial charge in [-0.25, -0.2) is 4.39 Å². The molecule has 0 bridgehead atoms. The van der Waals surface area contributed by atoms with E-state index >= 15 is 0 Å².